The number of nitro groups is 1. The molecule has 0 fully saturated rings. The molecule has 0 aromatic heterocycles. The quantitative estimate of drug-likeness (QED) is 0.678. The van der Waals surface area contributed by atoms with E-state index in [0.717, 1.165) is 0 Å². The molecular formula is C14H13FN2O2. The average molecular weight is 260 g/mol. The molecule has 0 spiro atoms. The monoisotopic (exact) mass is 260 g/mol. The molecule has 0 saturated carbocycles. The van der Waals surface area contributed by atoms with E-state index in [1.807, 2.05) is 0 Å². The average Bonchev–Trinajstić information content (AvgIpc) is 2.39. The normalized spacial score (nSPS) is 12.1. The van der Waals surface area contributed by atoms with Gasteiger partial charge in [0.15, 0.2) is 0 Å². The molecule has 98 valence electrons. The van der Waals surface area contributed by atoms with Crippen molar-refractivity contribution in [1.82, 2.24) is 0 Å². The van der Waals surface area contributed by atoms with Gasteiger partial charge < -0.3 is 5.73 Å². The maximum Gasteiger partial charge on any atom is 0.272 e. The molecule has 4 nitrogen and oxygen atoms in total. The number of nitrogens with two attached hydrogens (primary N) is 1. The summed E-state index contributed by atoms with van der Waals surface area (Å²) >= 11 is 0. The highest BCUT2D eigenvalue weighted by Gasteiger charge is 2.17. The van der Waals surface area contributed by atoms with Gasteiger partial charge in [-0.3, -0.25) is 10.1 Å². The number of halogens is 1. The van der Waals surface area contributed by atoms with Crippen molar-refractivity contribution >= 4 is 5.69 Å². The van der Waals surface area contributed by atoms with Crippen LogP contribution in [0.5, 0.6) is 0 Å². The second-order valence-electron chi connectivity index (χ2n) is 4.22. The van der Waals surface area contributed by atoms with E-state index in [4.69, 9.17) is 5.73 Å². The molecule has 2 aromatic rings. The second-order valence-corrected chi connectivity index (χ2v) is 4.22. The Morgan fingerprint density at radius 2 is 1.79 bits per heavy atom. The summed E-state index contributed by atoms with van der Waals surface area (Å²) < 4.78 is 13.6. The molecule has 19 heavy (non-hydrogen) atoms. The summed E-state index contributed by atoms with van der Waals surface area (Å²) in [6.45, 7) is 0. The zero-order chi connectivity index (χ0) is 13.8. The Hall–Kier alpha value is -2.27. The van der Waals surface area contributed by atoms with Crippen LogP contribution in [0.15, 0.2) is 48.5 Å². The van der Waals surface area contributed by atoms with Crippen LogP contribution in [0.4, 0.5) is 10.1 Å². The van der Waals surface area contributed by atoms with E-state index in [0.29, 0.717) is 11.1 Å². The lowest BCUT2D eigenvalue weighted by atomic mass is 9.98. The van der Waals surface area contributed by atoms with Gasteiger partial charge in [0.05, 0.1) is 4.92 Å². The molecule has 2 N–H and O–H groups in total. The van der Waals surface area contributed by atoms with Gasteiger partial charge >= 0.3 is 0 Å². The Morgan fingerprint density at radius 1 is 1.16 bits per heavy atom. The number of nitrogens with zero attached hydrogens (tertiary/aromatic N) is 1. The van der Waals surface area contributed by atoms with Crippen LogP contribution in [0.25, 0.3) is 0 Å². The molecule has 0 aliphatic rings. The number of nitro benzene ring substituents is 1. The Morgan fingerprint density at radius 3 is 2.47 bits per heavy atom. The fourth-order valence-corrected chi connectivity index (χ4v) is 1.98. The molecule has 0 saturated heterocycles. The standard InChI is InChI=1S/C14H13FN2O2/c15-12-7-3-2-6-11(12)13(16)9-10-5-1-4-8-14(10)17(18)19/h1-8,13H,9,16H2. The van der Waals surface area contributed by atoms with Crippen LogP contribution in [0, 0.1) is 15.9 Å². The van der Waals surface area contributed by atoms with Gasteiger partial charge in [-0.05, 0) is 12.5 Å². The summed E-state index contributed by atoms with van der Waals surface area (Å²) in [7, 11) is 0. The lowest BCUT2D eigenvalue weighted by Crippen LogP contribution is -2.15. The van der Waals surface area contributed by atoms with Gasteiger partial charge in [0.25, 0.3) is 5.69 Å². The van der Waals surface area contributed by atoms with Crippen molar-refractivity contribution in [3.8, 4) is 0 Å². The Balaban J connectivity index is 2.27. The molecule has 0 aliphatic heterocycles. The van der Waals surface area contributed by atoms with E-state index in [2.05, 4.69) is 0 Å². The Bertz CT molecular complexity index is 602. The highest BCUT2D eigenvalue weighted by molar-refractivity contribution is 5.41. The molecule has 5 heteroatoms. The van der Waals surface area contributed by atoms with Gasteiger partial charge in [-0.1, -0.05) is 36.4 Å². The first kappa shape index (κ1) is 13.2. The SMILES string of the molecule is NC(Cc1ccccc1[N+](=O)[O-])c1ccccc1F. The number of hydrogen-bond donors (Lipinski definition) is 1. The van der Waals surface area contributed by atoms with Crippen LogP contribution in [0.2, 0.25) is 0 Å². The number of benzene rings is 2. The van der Waals surface area contributed by atoms with Crippen molar-refractivity contribution < 1.29 is 9.31 Å². The summed E-state index contributed by atoms with van der Waals surface area (Å²) in [5, 5.41) is 10.9. The third-order valence-electron chi connectivity index (χ3n) is 2.93. The number of para-hydroxylation sites is 1. The third-order valence-corrected chi connectivity index (χ3v) is 2.93. The van der Waals surface area contributed by atoms with Crippen molar-refractivity contribution in [3.63, 3.8) is 0 Å². The molecule has 2 rings (SSSR count). The zero-order valence-corrected chi connectivity index (χ0v) is 10.1. The highest BCUT2D eigenvalue weighted by atomic mass is 19.1. The summed E-state index contributed by atoms with van der Waals surface area (Å²) in [6.07, 6.45) is 0.220. The minimum Gasteiger partial charge on any atom is -0.324 e. The second kappa shape index (κ2) is 5.58. The van der Waals surface area contributed by atoms with Crippen LogP contribution in [-0.4, -0.2) is 4.92 Å². The van der Waals surface area contributed by atoms with E-state index in [9.17, 15) is 14.5 Å². The molecule has 0 aliphatic carbocycles. The molecule has 0 radical (unpaired) electrons. The van der Waals surface area contributed by atoms with Gasteiger partial charge in [0.1, 0.15) is 5.82 Å². The molecule has 0 heterocycles. The first-order valence-electron chi connectivity index (χ1n) is 5.82. The summed E-state index contributed by atoms with van der Waals surface area (Å²) in [6, 6.07) is 11.9. The molecule has 1 atom stereocenters. The van der Waals surface area contributed by atoms with E-state index in [1.54, 1.807) is 36.4 Å². The molecule has 0 amide bonds. The summed E-state index contributed by atoms with van der Waals surface area (Å²) in [5.41, 5.74) is 6.81. The van der Waals surface area contributed by atoms with Crippen molar-refractivity contribution in [3.05, 3.63) is 75.6 Å². The predicted molar refractivity (Wildman–Crippen MR) is 70.1 cm³/mol. The van der Waals surface area contributed by atoms with Crippen LogP contribution in [0.3, 0.4) is 0 Å². The summed E-state index contributed by atoms with van der Waals surface area (Å²) in [4.78, 5) is 10.4. The van der Waals surface area contributed by atoms with Crippen molar-refractivity contribution in [2.75, 3.05) is 0 Å². The minimum atomic E-state index is -0.609. The first-order chi connectivity index (χ1) is 9.09. The van der Waals surface area contributed by atoms with Crippen LogP contribution >= 0.6 is 0 Å². The minimum absolute atomic E-state index is 0.00860. The van der Waals surface area contributed by atoms with E-state index in [1.165, 1.54) is 12.1 Å². The first-order valence-corrected chi connectivity index (χ1v) is 5.82. The van der Waals surface area contributed by atoms with E-state index < -0.39 is 16.8 Å². The zero-order valence-electron chi connectivity index (χ0n) is 10.1. The third kappa shape index (κ3) is 2.95. The molecule has 2 aromatic carbocycles. The van der Waals surface area contributed by atoms with Gasteiger partial charge in [-0.25, -0.2) is 4.39 Å². The largest absolute Gasteiger partial charge is 0.324 e. The fraction of sp³-hybridized carbons (Fsp3) is 0.143. The predicted octanol–water partition coefficient (Wildman–Crippen LogP) is 2.98. The smallest absolute Gasteiger partial charge is 0.272 e. The van der Waals surface area contributed by atoms with Gasteiger partial charge in [0, 0.05) is 23.2 Å². The van der Waals surface area contributed by atoms with E-state index >= 15 is 0 Å². The van der Waals surface area contributed by atoms with Crippen LogP contribution in [-0.2, 0) is 6.42 Å². The molecule has 1 unspecified atom stereocenters. The summed E-state index contributed by atoms with van der Waals surface area (Å²) in [5.74, 6) is -0.395. The van der Waals surface area contributed by atoms with E-state index in [-0.39, 0.29) is 12.1 Å². The lowest BCUT2D eigenvalue weighted by Gasteiger charge is -2.13. The maximum atomic E-state index is 13.6. The van der Waals surface area contributed by atoms with Gasteiger partial charge in [-0.15, -0.1) is 0 Å². The highest BCUT2D eigenvalue weighted by Crippen LogP contribution is 2.24. The number of rotatable bonds is 4. The van der Waals surface area contributed by atoms with Crippen molar-refractivity contribution in [1.29, 1.82) is 0 Å². The lowest BCUT2D eigenvalue weighted by molar-refractivity contribution is -0.385. The van der Waals surface area contributed by atoms with Gasteiger partial charge in [0.2, 0.25) is 0 Å². The maximum absolute atomic E-state index is 13.6. The number of hydrogen-bond acceptors (Lipinski definition) is 3. The Kier molecular flexibility index (Phi) is 3.87. The van der Waals surface area contributed by atoms with Crippen LogP contribution in [0.1, 0.15) is 17.2 Å². The topological polar surface area (TPSA) is 69.2 Å². The fourth-order valence-electron chi connectivity index (χ4n) is 1.98. The van der Waals surface area contributed by atoms with Crippen LogP contribution < -0.4 is 5.73 Å². The molecular weight excluding hydrogens is 247 g/mol. The van der Waals surface area contributed by atoms with Crippen molar-refractivity contribution in [2.24, 2.45) is 5.73 Å². The van der Waals surface area contributed by atoms with Gasteiger partial charge in [-0.2, -0.15) is 0 Å². The Labute approximate surface area is 109 Å². The molecule has 0 bridgehead atoms. The van der Waals surface area contributed by atoms with Crippen molar-refractivity contribution in [2.45, 2.75) is 12.5 Å².